The van der Waals surface area contributed by atoms with E-state index in [1.165, 1.54) is 5.56 Å². The maximum atomic E-state index is 9.37. The van der Waals surface area contributed by atoms with Crippen LogP contribution in [0.4, 0.5) is 0 Å². The molecule has 0 aliphatic rings. The van der Waals surface area contributed by atoms with Gasteiger partial charge in [-0.3, -0.25) is 0 Å². The normalized spacial score (nSPS) is 12.2. The number of aliphatic hydroxyl groups excluding tert-OH is 1. The van der Waals surface area contributed by atoms with Crippen LogP contribution in [0.5, 0.6) is 0 Å². The number of fused-ring (bicyclic) bond motifs is 1. The third-order valence-corrected chi connectivity index (χ3v) is 3.85. The van der Waals surface area contributed by atoms with Crippen molar-refractivity contribution < 1.29 is 5.11 Å². The lowest BCUT2D eigenvalue weighted by molar-refractivity contribution is 0.281. The van der Waals surface area contributed by atoms with Crippen LogP contribution in [0.3, 0.4) is 0 Å². The van der Waals surface area contributed by atoms with Crippen molar-refractivity contribution in [3.63, 3.8) is 0 Å². The Morgan fingerprint density at radius 3 is 2.62 bits per heavy atom. The van der Waals surface area contributed by atoms with Crippen LogP contribution in [0, 0.1) is 11.3 Å². The van der Waals surface area contributed by atoms with E-state index in [1.54, 1.807) is 6.20 Å². The first kappa shape index (κ1) is 13.4. The molecule has 3 heteroatoms. The van der Waals surface area contributed by atoms with Gasteiger partial charge in [0, 0.05) is 29.6 Å². The van der Waals surface area contributed by atoms with Crippen LogP contribution in [-0.2, 0) is 0 Å². The predicted molar refractivity (Wildman–Crippen MR) is 83.0 cm³/mol. The van der Waals surface area contributed by atoms with E-state index in [0.717, 1.165) is 16.5 Å². The van der Waals surface area contributed by atoms with Crippen LogP contribution < -0.4 is 0 Å². The van der Waals surface area contributed by atoms with E-state index in [-0.39, 0.29) is 12.5 Å². The predicted octanol–water partition coefficient (Wildman–Crippen LogP) is 3.55. The first-order valence-corrected chi connectivity index (χ1v) is 7.00. The summed E-state index contributed by atoms with van der Waals surface area (Å²) in [7, 11) is 0. The monoisotopic (exact) mass is 276 g/mol. The molecule has 2 N–H and O–H groups in total. The molecule has 3 aromatic rings. The van der Waals surface area contributed by atoms with Crippen molar-refractivity contribution in [3.05, 3.63) is 71.4 Å². The van der Waals surface area contributed by atoms with Crippen molar-refractivity contribution in [2.45, 2.75) is 12.3 Å². The lowest BCUT2D eigenvalue weighted by Gasteiger charge is -2.17. The average Bonchev–Trinajstić information content (AvgIpc) is 2.95. The van der Waals surface area contributed by atoms with E-state index in [4.69, 9.17) is 5.26 Å². The zero-order chi connectivity index (χ0) is 14.7. The quantitative estimate of drug-likeness (QED) is 0.765. The van der Waals surface area contributed by atoms with Crippen LogP contribution in [0.1, 0.15) is 29.0 Å². The summed E-state index contributed by atoms with van der Waals surface area (Å²) in [6.45, 7) is 0.135. The molecule has 2 aromatic carbocycles. The summed E-state index contributed by atoms with van der Waals surface area (Å²) in [5.74, 6) is 0.141. The van der Waals surface area contributed by atoms with Crippen molar-refractivity contribution in [2.75, 3.05) is 6.61 Å². The molecule has 0 amide bonds. The Morgan fingerprint density at radius 2 is 1.90 bits per heavy atom. The lowest BCUT2D eigenvalue weighted by Crippen LogP contribution is -2.03. The number of benzene rings is 2. The molecule has 0 saturated carbocycles. The zero-order valence-corrected chi connectivity index (χ0v) is 11.6. The molecular formula is C18H16N2O. The molecule has 0 saturated heterocycles. The number of rotatable bonds is 4. The largest absolute Gasteiger partial charge is 0.396 e. The molecule has 1 unspecified atom stereocenters. The molecular weight excluding hydrogens is 260 g/mol. The van der Waals surface area contributed by atoms with E-state index < -0.39 is 0 Å². The Kier molecular flexibility index (Phi) is 3.72. The van der Waals surface area contributed by atoms with Crippen LogP contribution in [-0.4, -0.2) is 16.7 Å². The summed E-state index contributed by atoms with van der Waals surface area (Å²) in [6.07, 6.45) is 2.40. The molecule has 0 aliphatic heterocycles. The number of hydrogen-bond donors (Lipinski definition) is 2. The lowest BCUT2D eigenvalue weighted by atomic mass is 9.88. The highest BCUT2D eigenvalue weighted by atomic mass is 16.3. The van der Waals surface area contributed by atoms with Gasteiger partial charge in [0.05, 0.1) is 5.56 Å². The number of aliphatic hydroxyl groups is 1. The van der Waals surface area contributed by atoms with Crippen LogP contribution >= 0.6 is 0 Å². The van der Waals surface area contributed by atoms with Crippen LogP contribution in [0.2, 0.25) is 0 Å². The van der Waals surface area contributed by atoms with E-state index >= 15 is 0 Å². The molecule has 1 heterocycles. The average molecular weight is 276 g/mol. The summed E-state index contributed by atoms with van der Waals surface area (Å²) in [5, 5.41) is 19.5. The third-order valence-electron chi connectivity index (χ3n) is 3.85. The van der Waals surface area contributed by atoms with Crippen LogP contribution in [0.15, 0.2) is 54.7 Å². The SMILES string of the molecule is N#Cc1c[nH]c2ccc(C(CCO)c3ccccc3)cc12. The van der Waals surface area contributed by atoms with Gasteiger partial charge in [0.15, 0.2) is 0 Å². The van der Waals surface area contributed by atoms with Gasteiger partial charge < -0.3 is 10.1 Å². The number of nitrogens with zero attached hydrogens (tertiary/aromatic N) is 1. The Bertz CT molecular complexity index is 784. The minimum atomic E-state index is 0.135. The molecule has 104 valence electrons. The molecule has 0 radical (unpaired) electrons. The van der Waals surface area contributed by atoms with Crippen molar-refractivity contribution in [2.24, 2.45) is 0 Å². The zero-order valence-electron chi connectivity index (χ0n) is 11.6. The summed E-state index contributed by atoms with van der Waals surface area (Å²) in [4.78, 5) is 3.11. The molecule has 1 atom stereocenters. The van der Waals surface area contributed by atoms with Gasteiger partial charge in [-0.15, -0.1) is 0 Å². The van der Waals surface area contributed by atoms with Gasteiger partial charge in [-0.2, -0.15) is 5.26 Å². The topological polar surface area (TPSA) is 59.8 Å². The molecule has 21 heavy (non-hydrogen) atoms. The molecule has 0 bridgehead atoms. The number of aromatic amines is 1. The van der Waals surface area contributed by atoms with Crippen molar-refractivity contribution in [3.8, 4) is 6.07 Å². The maximum Gasteiger partial charge on any atom is 0.101 e. The van der Waals surface area contributed by atoms with Gasteiger partial charge in [-0.25, -0.2) is 0 Å². The number of nitrogens with one attached hydrogen (secondary N) is 1. The fourth-order valence-corrected chi connectivity index (χ4v) is 2.79. The number of nitriles is 1. The number of hydrogen-bond acceptors (Lipinski definition) is 2. The maximum absolute atomic E-state index is 9.37. The fraction of sp³-hybridized carbons (Fsp3) is 0.167. The van der Waals surface area contributed by atoms with E-state index in [9.17, 15) is 5.11 Å². The Labute approximate surface area is 123 Å². The molecule has 3 nitrogen and oxygen atoms in total. The van der Waals surface area contributed by atoms with Crippen molar-refractivity contribution in [1.82, 2.24) is 4.98 Å². The molecule has 0 fully saturated rings. The number of H-pyrrole nitrogens is 1. The smallest absolute Gasteiger partial charge is 0.101 e. The first-order valence-electron chi connectivity index (χ1n) is 7.00. The van der Waals surface area contributed by atoms with Gasteiger partial charge in [0.2, 0.25) is 0 Å². The second-order valence-corrected chi connectivity index (χ2v) is 5.09. The Morgan fingerprint density at radius 1 is 1.10 bits per heavy atom. The summed E-state index contributed by atoms with van der Waals surface area (Å²) >= 11 is 0. The highest BCUT2D eigenvalue weighted by molar-refractivity contribution is 5.86. The Balaban J connectivity index is 2.09. The minimum Gasteiger partial charge on any atom is -0.396 e. The number of aromatic nitrogens is 1. The third kappa shape index (κ3) is 2.54. The standard InChI is InChI=1S/C18H16N2O/c19-11-15-12-20-18-7-6-14(10-17(15)18)16(8-9-21)13-4-2-1-3-5-13/h1-7,10,12,16,20-21H,8-9H2. The van der Waals surface area contributed by atoms with Crippen molar-refractivity contribution >= 4 is 10.9 Å². The second-order valence-electron chi connectivity index (χ2n) is 5.09. The van der Waals surface area contributed by atoms with Gasteiger partial charge in [-0.1, -0.05) is 36.4 Å². The first-order chi connectivity index (χ1) is 10.3. The van der Waals surface area contributed by atoms with E-state index in [1.807, 2.05) is 24.3 Å². The van der Waals surface area contributed by atoms with Crippen molar-refractivity contribution in [1.29, 1.82) is 5.26 Å². The fourth-order valence-electron chi connectivity index (χ4n) is 2.79. The summed E-state index contributed by atoms with van der Waals surface area (Å²) in [6, 6.07) is 18.5. The minimum absolute atomic E-state index is 0.135. The van der Waals surface area contributed by atoms with Crippen LogP contribution in [0.25, 0.3) is 10.9 Å². The molecule has 3 rings (SSSR count). The Hall–Kier alpha value is -2.57. The van der Waals surface area contributed by atoms with E-state index in [0.29, 0.717) is 12.0 Å². The highest BCUT2D eigenvalue weighted by Gasteiger charge is 2.15. The van der Waals surface area contributed by atoms with Gasteiger partial charge >= 0.3 is 0 Å². The highest BCUT2D eigenvalue weighted by Crippen LogP contribution is 2.30. The van der Waals surface area contributed by atoms with Gasteiger partial charge in [-0.05, 0) is 29.7 Å². The molecule has 0 aliphatic carbocycles. The molecule has 0 spiro atoms. The second kappa shape index (κ2) is 5.82. The van der Waals surface area contributed by atoms with Gasteiger partial charge in [0.25, 0.3) is 0 Å². The van der Waals surface area contributed by atoms with Gasteiger partial charge in [0.1, 0.15) is 6.07 Å². The summed E-state index contributed by atoms with van der Waals surface area (Å²) in [5.41, 5.74) is 3.92. The molecule has 1 aromatic heterocycles. The summed E-state index contributed by atoms with van der Waals surface area (Å²) < 4.78 is 0. The van der Waals surface area contributed by atoms with E-state index in [2.05, 4.69) is 35.3 Å².